The van der Waals surface area contributed by atoms with Crippen LogP contribution in [0.1, 0.15) is 72.6 Å². The van der Waals surface area contributed by atoms with E-state index in [1.807, 2.05) is 25.1 Å². The first-order valence-corrected chi connectivity index (χ1v) is 10.8. The Hall–Kier alpha value is -3.09. The number of nitrogens with one attached hydrogen (secondary N) is 1. The van der Waals surface area contributed by atoms with Crippen molar-refractivity contribution in [2.75, 3.05) is 0 Å². The summed E-state index contributed by atoms with van der Waals surface area (Å²) in [5, 5.41) is 7.25. The number of aromatic nitrogens is 3. The van der Waals surface area contributed by atoms with Crippen LogP contribution in [0.2, 0.25) is 0 Å². The third-order valence-electron chi connectivity index (χ3n) is 6.18. The fraction of sp³-hybridized carbons (Fsp3) is 0.417. The van der Waals surface area contributed by atoms with Crippen LogP contribution >= 0.6 is 0 Å². The molecule has 6 nitrogen and oxygen atoms in total. The Kier molecular flexibility index (Phi) is 4.84. The van der Waals surface area contributed by atoms with Gasteiger partial charge in [0.1, 0.15) is 5.54 Å². The molecule has 1 N–H and O–H groups in total. The number of halogens is 1. The van der Waals surface area contributed by atoms with Crippen LogP contribution in [-0.4, -0.2) is 21.0 Å². The van der Waals surface area contributed by atoms with Crippen LogP contribution in [-0.2, 0) is 5.54 Å². The molecule has 0 saturated heterocycles. The molecule has 2 aliphatic carbocycles. The quantitative estimate of drug-likeness (QED) is 0.550. The molecule has 31 heavy (non-hydrogen) atoms. The number of rotatable bonds is 7. The highest BCUT2D eigenvalue weighted by atomic mass is 19.1. The predicted molar refractivity (Wildman–Crippen MR) is 113 cm³/mol. The number of benzene rings is 1. The summed E-state index contributed by atoms with van der Waals surface area (Å²) in [5.41, 5.74) is 2.77. The molecular formula is C24H25FN4O2. The van der Waals surface area contributed by atoms with Crippen molar-refractivity contribution in [3.63, 3.8) is 0 Å². The van der Waals surface area contributed by atoms with Crippen LogP contribution in [0.4, 0.5) is 4.39 Å². The van der Waals surface area contributed by atoms with Crippen LogP contribution in [0.15, 0.2) is 41.1 Å². The van der Waals surface area contributed by atoms with Gasteiger partial charge in [-0.2, -0.15) is 9.37 Å². The first kappa shape index (κ1) is 19.8. The number of nitrogens with zero attached hydrogens (tertiary/aromatic N) is 3. The lowest BCUT2D eigenvalue weighted by Gasteiger charge is -2.28. The molecule has 1 amide bonds. The third kappa shape index (κ3) is 4.22. The van der Waals surface area contributed by atoms with Gasteiger partial charge in [0, 0.05) is 24.2 Å². The summed E-state index contributed by atoms with van der Waals surface area (Å²) >= 11 is 0. The molecular weight excluding hydrogens is 395 g/mol. The number of carbonyl (C=O) groups excluding carboxylic acids is 1. The molecule has 2 aromatic heterocycles. The fourth-order valence-electron chi connectivity index (χ4n) is 4.18. The van der Waals surface area contributed by atoms with E-state index in [9.17, 15) is 9.18 Å². The summed E-state index contributed by atoms with van der Waals surface area (Å²) in [6.07, 6.45) is 6.86. The average molecular weight is 420 g/mol. The number of amides is 1. The lowest BCUT2D eigenvalue weighted by Crippen LogP contribution is -2.44. The Labute approximate surface area is 180 Å². The first-order valence-electron chi connectivity index (χ1n) is 10.8. The van der Waals surface area contributed by atoms with Crippen molar-refractivity contribution < 1.29 is 13.7 Å². The lowest BCUT2D eigenvalue weighted by molar-refractivity contribution is 0.0890. The van der Waals surface area contributed by atoms with Gasteiger partial charge in [-0.25, -0.2) is 4.98 Å². The predicted octanol–water partition coefficient (Wildman–Crippen LogP) is 4.90. The molecule has 0 aliphatic heterocycles. The smallest absolute Gasteiger partial charge is 0.252 e. The van der Waals surface area contributed by atoms with Crippen LogP contribution in [0.25, 0.3) is 11.1 Å². The highest BCUT2D eigenvalue weighted by Gasteiger charge is 2.39. The molecule has 3 aromatic rings. The first-order chi connectivity index (χ1) is 14.9. The zero-order chi connectivity index (χ0) is 21.6. The van der Waals surface area contributed by atoms with Crippen LogP contribution < -0.4 is 5.32 Å². The Bertz CT molecular complexity index is 1120. The van der Waals surface area contributed by atoms with E-state index in [0.29, 0.717) is 29.1 Å². The second kappa shape index (κ2) is 7.55. The highest BCUT2D eigenvalue weighted by molar-refractivity contribution is 5.96. The summed E-state index contributed by atoms with van der Waals surface area (Å²) in [7, 11) is 0. The molecule has 2 fully saturated rings. The van der Waals surface area contributed by atoms with E-state index in [2.05, 4.69) is 20.4 Å². The van der Waals surface area contributed by atoms with Crippen molar-refractivity contribution in [3.05, 3.63) is 65.3 Å². The van der Waals surface area contributed by atoms with Gasteiger partial charge in [0.2, 0.25) is 11.8 Å². The molecule has 1 aromatic carbocycles. The number of aryl methyl sites for hydroxylation is 1. The van der Waals surface area contributed by atoms with E-state index >= 15 is 0 Å². The molecule has 0 radical (unpaired) electrons. The standard InChI is InChI=1S/C24H25FN4O2/c1-14-27-23(29-31-14)24(2,12-15-3-4-15)28-22(30)17-7-9-19(16-5-6-16)20(11-17)18-8-10-21(25)26-13-18/h7-11,13,15-16H,3-6,12H2,1-2H3,(H,28,30)/t24-/m0/s1. The molecule has 160 valence electrons. The Balaban J connectivity index is 1.46. The molecule has 7 heteroatoms. The average Bonchev–Trinajstić information content (AvgIpc) is 3.68. The molecule has 1 atom stereocenters. The zero-order valence-electron chi connectivity index (χ0n) is 17.7. The minimum atomic E-state index is -0.706. The summed E-state index contributed by atoms with van der Waals surface area (Å²) in [4.78, 5) is 21.5. The van der Waals surface area contributed by atoms with Crippen molar-refractivity contribution in [3.8, 4) is 11.1 Å². The van der Waals surface area contributed by atoms with Gasteiger partial charge < -0.3 is 9.84 Å². The second-order valence-electron chi connectivity index (χ2n) is 9.02. The van der Waals surface area contributed by atoms with Gasteiger partial charge in [0.15, 0.2) is 5.82 Å². The normalized spacial score (nSPS) is 17.9. The molecule has 2 saturated carbocycles. The Morgan fingerprint density at radius 3 is 2.65 bits per heavy atom. The van der Waals surface area contributed by atoms with E-state index in [-0.39, 0.29) is 5.91 Å². The number of hydrogen-bond acceptors (Lipinski definition) is 5. The van der Waals surface area contributed by atoms with E-state index in [4.69, 9.17) is 4.52 Å². The number of hydrogen-bond donors (Lipinski definition) is 1. The summed E-state index contributed by atoms with van der Waals surface area (Å²) < 4.78 is 18.5. The van der Waals surface area contributed by atoms with Crippen molar-refractivity contribution in [1.82, 2.24) is 20.4 Å². The second-order valence-corrected chi connectivity index (χ2v) is 9.02. The van der Waals surface area contributed by atoms with Gasteiger partial charge in [-0.05, 0) is 73.4 Å². The van der Waals surface area contributed by atoms with Crippen molar-refractivity contribution in [1.29, 1.82) is 0 Å². The largest absolute Gasteiger partial charge is 0.340 e. The molecule has 0 spiro atoms. The monoisotopic (exact) mass is 420 g/mol. The third-order valence-corrected chi connectivity index (χ3v) is 6.18. The minimum absolute atomic E-state index is 0.190. The molecule has 0 bridgehead atoms. The van der Waals surface area contributed by atoms with E-state index in [1.54, 1.807) is 13.0 Å². The van der Waals surface area contributed by atoms with E-state index in [1.165, 1.54) is 17.8 Å². The van der Waals surface area contributed by atoms with Gasteiger partial charge >= 0.3 is 0 Å². The van der Waals surface area contributed by atoms with Gasteiger partial charge in [0.05, 0.1) is 0 Å². The maximum atomic E-state index is 13.3. The maximum absolute atomic E-state index is 13.3. The molecule has 5 rings (SSSR count). The van der Waals surface area contributed by atoms with Crippen LogP contribution in [0.5, 0.6) is 0 Å². The number of carbonyl (C=O) groups is 1. The minimum Gasteiger partial charge on any atom is -0.340 e. The Morgan fingerprint density at radius 1 is 1.23 bits per heavy atom. The topological polar surface area (TPSA) is 80.9 Å². The van der Waals surface area contributed by atoms with Crippen molar-refractivity contribution in [2.24, 2.45) is 5.92 Å². The molecule has 0 unspecified atom stereocenters. The molecule has 2 aliphatic rings. The molecule has 2 heterocycles. The van der Waals surface area contributed by atoms with Gasteiger partial charge in [-0.1, -0.05) is 24.1 Å². The van der Waals surface area contributed by atoms with Crippen molar-refractivity contribution in [2.45, 2.75) is 57.4 Å². The van der Waals surface area contributed by atoms with Gasteiger partial charge in [0.25, 0.3) is 5.91 Å². The van der Waals surface area contributed by atoms with Gasteiger partial charge in [-0.15, -0.1) is 0 Å². The van der Waals surface area contributed by atoms with Crippen LogP contribution in [0.3, 0.4) is 0 Å². The lowest BCUT2D eigenvalue weighted by atomic mass is 9.92. The van der Waals surface area contributed by atoms with Crippen LogP contribution in [0, 0.1) is 18.8 Å². The van der Waals surface area contributed by atoms with Gasteiger partial charge in [-0.3, -0.25) is 4.79 Å². The highest BCUT2D eigenvalue weighted by Crippen LogP contribution is 2.45. The van der Waals surface area contributed by atoms with E-state index < -0.39 is 11.5 Å². The summed E-state index contributed by atoms with van der Waals surface area (Å²) in [6.45, 7) is 3.70. The van der Waals surface area contributed by atoms with Crippen molar-refractivity contribution >= 4 is 5.91 Å². The van der Waals surface area contributed by atoms with E-state index in [0.717, 1.165) is 43.2 Å². The summed E-state index contributed by atoms with van der Waals surface area (Å²) in [5.74, 6) is 1.32. The summed E-state index contributed by atoms with van der Waals surface area (Å²) in [6, 6.07) is 8.83. The number of pyridine rings is 1. The zero-order valence-corrected chi connectivity index (χ0v) is 17.7. The SMILES string of the molecule is Cc1nc([C@](C)(CC2CC2)NC(=O)c2ccc(C3CC3)c(-c3ccc(F)nc3)c2)no1. The fourth-order valence-corrected chi connectivity index (χ4v) is 4.18. The maximum Gasteiger partial charge on any atom is 0.252 e. The Morgan fingerprint density at radius 2 is 2.03 bits per heavy atom.